The molecule has 0 bridgehead atoms. The van der Waals surface area contributed by atoms with Gasteiger partial charge in [0.15, 0.2) is 0 Å². The van der Waals surface area contributed by atoms with Gasteiger partial charge in [-0.25, -0.2) is 4.39 Å². The fraction of sp³-hybridized carbons (Fsp3) is 0. The van der Waals surface area contributed by atoms with Crippen LogP contribution in [0.3, 0.4) is 0 Å². The Bertz CT molecular complexity index is 536. The van der Waals surface area contributed by atoms with E-state index in [1.165, 1.54) is 35.1 Å². The van der Waals surface area contributed by atoms with E-state index in [2.05, 4.69) is 21.0 Å². The van der Waals surface area contributed by atoms with E-state index in [0.717, 1.165) is 0 Å². The molecule has 15 heavy (non-hydrogen) atoms. The van der Waals surface area contributed by atoms with Crippen molar-refractivity contribution in [3.8, 4) is 5.69 Å². The van der Waals surface area contributed by atoms with E-state index in [4.69, 9.17) is 0 Å². The molecule has 0 atom stereocenters. The second-order valence-corrected chi connectivity index (χ2v) is 3.73. The number of aromatic nitrogens is 2. The molecule has 0 aliphatic rings. The van der Waals surface area contributed by atoms with Crippen molar-refractivity contribution in [1.82, 2.24) is 9.78 Å². The van der Waals surface area contributed by atoms with Crippen LogP contribution in [-0.4, -0.2) is 9.78 Å². The van der Waals surface area contributed by atoms with Crippen LogP contribution >= 0.6 is 15.9 Å². The number of nitrogens with zero attached hydrogens (tertiary/aromatic N) is 2. The van der Waals surface area contributed by atoms with Crippen LogP contribution in [0.1, 0.15) is 0 Å². The molecule has 0 fully saturated rings. The normalized spacial score (nSPS) is 10.3. The van der Waals surface area contributed by atoms with Crippen LogP contribution in [0.25, 0.3) is 5.69 Å². The van der Waals surface area contributed by atoms with Gasteiger partial charge in [0.25, 0.3) is 5.56 Å². The first kappa shape index (κ1) is 10.0. The third-order valence-electron chi connectivity index (χ3n) is 1.87. The minimum atomic E-state index is -0.346. The highest BCUT2D eigenvalue weighted by atomic mass is 79.9. The Labute approximate surface area is 93.3 Å². The molecule has 0 amide bonds. The molecular formula is C10H6BrFN2O. The van der Waals surface area contributed by atoms with Crippen molar-refractivity contribution < 1.29 is 4.39 Å². The smallest absolute Gasteiger partial charge is 0.266 e. The van der Waals surface area contributed by atoms with Gasteiger partial charge in [-0.2, -0.15) is 9.78 Å². The van der Waals surface area contributed by atoms with Crippen LogP contribution in [0.5, 0.6) is 0 Å². The molecule has 2 aromatic rings. The van der Waals surface area contributed by atoms with E-state index in [-0.39, 0.29) is 11.4 Å². The molecule has 0 saturated carbocycles. The topological polar surface area (TPSA) is 34.9 Å². The zero-order valence-electron chi connectivity index (χ0n) is 7.52. The molecule has 0 radical (unpaired) electrons. The number of hydrogen-bond donors (Lipinski definition) is 0. The quantitative estimate of drug-likeness (QED) is 0.794. The van der Waals surface area contributed by atoms with E-state index >= 15 is 0 Å². The number of benzene rings is 1. The molecule has 1 aromatic carbocycles. The minimum absolute atomic E-state index is 0.274. The van der Waals surface area contributed by atoms with Crippen LogP contribution in [0.4, 0.5) is 4.39 Å². The number of rotatable bonds is 1. The summed E-state index contributed by atoms with van der Waals surface area (Å²) in [6.07, 6.45) is 1.49. The highest BCUT2D eigenvalue weighted by Gasteiger charge is 2.03. The van der Waals surface area contributed by atoms with Crippen molar-refractivity contribution in [3.05, 3.63) is 57.2 Å². The predicted octanol–water partition coefficient (Wildman–Crippen LogP) is 2.13. The Morgan fingerprint density at radius 2 is 1.87 bits per heavy atom. The Morgan fingerprint density at radius 1 is 1.20 bits per heavy atom. The van der Waals surface area contributed by atoms with Gasteiger partial charge in [0.05, 0.1) is 10.2 Å². The van der Waals surface area contributed by atoms with Crippen molar-refractivity contribution in [3.63, 3.8) is 0 Å². The molecule has 0 aliphatic heterocycles. The summed E-state index contributed by atoms with van der Waals surface area (Å²) in [6.45, 7) is 0. The third kappa shape index (κ3) is 1.97. The summed E-state index contributed by atoms with van der Waals surface area (Å²) < 4.78 is 14.3. The molecule has 3 nitrogen and oxygen atoms in total. The Hall–Kier alpha value is -1.49. The number of hydrogen-bond acceptors (Lipinski definition) is 2. The zero-order valence-corrected chi connectivity index (χ0v) is 9.11. The lowest BCUT2D eigenvalue weighted by Gasteiger charge is -2.03. The van der Waals surface area contributed by atoms with Gasteiger partial charge in [0.1, 0.15) is 5.82 Å². The average molecular weight is 269 g/mol. The maximum absolute atomic E-state index is 12.7. The van der Waals surface area contributed by atoms with E-state index in [1.54, 1.807) is 6.07 Å². The Balaban J connectivity index is 2.59. The van der Waals surface area contributed by atoms with E-state index in [9.17, 15) is 9.18 Å². The van der Waals surface area contributed by atoms with Crippen LogP contribution < -0.4 is 5.56 Å². The predicted molar refractivity (Wildman–Crippen MR) is 57.5 cm³/mol. The van der Waals surface area contributed by atoms with E-state index in [1.807, 2.05) is 0 Å². The van der Waals surface area contributed by atoms with Crippen LogP contribution in [0, 0.1) is 5.82 Å². The molecule has 5 heteroatoms. The van der Waals surface area contributed by atoms with E-state index < -0.39 is 0 Å². The van der Waals surface area contributed by atoms with Crippen LogP contribution in [0.2, 0.25) is 0 Å². The molecule has 1 aromatic heterocycles. The molecule has 76 valence electrons. The summed E-state index contributed by atoms with van der Waals surface area (Å²) in [5.74, 6) is -0.346. The highest BCUT2D eigenvalue weighted by Crippen LogP contribution is 2.07. The molecule has 0 aliphatic carbocycles. The zero-order chi connectivity index (χ0) is 10.8. The first-order chi connectivity index (χ1) is 7.18. The van der Waals surface area contributed by atoms with Gasteiger partial charge >= 0.3 is 0 Å². The van der Waals surface area contributed by atoms with Gasteiger partial charge < -0.3 is 0 Å². The van der Waals surface area contributed by atoms with Gasteiger partial charge in [-0.3, -0.25) is 4.79 Å². The van der Waals surface area contributed by atoms with Crippen LogP contribution in [0.15, 0.2) is 45.8 Å². The van der Waals surface area contributed by atoms with Crippen molar-refractivity contribution in [2.75, 3.05) is 0 Å². The first-order valence-corrected chi connectivity index (χ1v) is 4.97. The summed E-state index contributed by atoms with van der Waals surface area (Å²) in [5.41, 5.74) is 0.256. The second kappa shape index (κ2) is 3.94. The lowest BCUT2D eigenvalue weighted by Crippen LogP contribution is -2.20. The van der Waals surface area contributed by atoms with Crippen molar-refractivity contribution >= 4 is 15.9 Å². The Morgan fingerprint density at radius 3 is 2.53 bits per heavy atom. The minimum Gasteiger partial charge on any atom is -0.266 e. The van der Waals surface area contributed by atoms with Gasteiger partial charge in [0, 0.05) is 6.20 Å². The third-order valence-corrected chi connectivity index (χ3v) is 2.47. The standard InChI is InChI=1S/C10H6BrFN2O/c11-9-5-6-13-14(10(9)15)8-3-1-7(12)2-4-8/h1-6H. The van der Waals surface area contributed by atoms with Gasteiger partial charge in [0.2, 0.25) is 0 Å². The largest absolute Gasteiger partial charge is 0.285 e. The van der Waals surface area contributed by atoms with Gasteiger partial charge in [-0.1, -0.05) is 0 Å². The summed E-state index contributed by atoms with van der Waals surface area (Å²) in [6, 6.07) is 7.11. The fourth-order valence-electron chi connectivity index (χ4n) is 1.16. The molecule has 2 rings (SSSR count). The SMILES string of the molecule is O=c1c(Br)ccnn1-c1ccc(F)cc1. The maximum atomic E-state index is 12.7. The van der Waals surface area contributed by atoms with E-state index in [0.29, 0.717) is 10.2 Å². The summed E-state index contributed by atoms with van der Waals surface area (Å²) in [5, 5.41) is 3.89. The van der Waals surface area contributed by atoms with Crippen molar-refractivity contribution in [1.29, 1.82) is 0 Å². The Kier molecular flexibility index (Phi) is 2.64. The molecule has 0 spiro atoms. The molecule has 1 heterocycles. The van der Waals surface area contributed by atoms with Crippen molar-refractivity contribution in [2.45, 2.75) is 0 Å². The summed E-state index contributed by atoms with van der Waals surface area (Å²) >= 11 is 3.11. The monoisotopic (exact) mass is 268 g/mol. The van der Waals surface area contributed by atoms with Gasteiger partial charge in [-0.15, -0.1) is 0 Å². The van der Waals surface area contributed by atoms with Crippen molar-refractivity contribution in [2.24, 2.45) is 0 Å². The first-order valence-electron chi connectivity index (χ1n) is 4.18. The molecular weight excluding hydrogens is 263 g/mol. The maximum Gasteiger partial charge on any atom is 0.285 e. The van der Waals surface area contributed by atoms with Gasteiger partial charge in [-0.05, 0) is 46.3 Å². The lowest BCUT2D eigenvalue weighted by molar-refractivity contribution is 0.626. The molecule has 0 N–H and O–H groups in total. The number of halogens is 2. The molecule has 0 saturated heterocycles. The average Bonchev–Trinajstić information content (AvgIpc) is 2.24. The summed E-state index contributed by atoms with van der Waals surface area (Å²) in [4.78, 5) is 11.6. The lowest BCUT2D eigenvalue weighted by atomic mass is 10.3. The fourth-order valence-corrected chi connectivity index (χ4v) is 1.44. The highest BCUT2D eigenvalue weighted by molar-refractivity contribution is 9.10. The summed E-state index contributed by atoms with van der Waals surface area (Å²) in [7, 11) is 0. The van der Waals surface area contributed by atoms with Crippen LogP contribution in [-0.2, 0) is 0 Å². The second-order valence-electron chi connectivity index (χ2n) is 2.87. The molecule has 0 unspecified atom stereocenters.